The molecule has 1 saturated heterocycles. The van der Waals surface area contributed by atoms with Crippen LogP contribution in [0.5, 0.6) is 0 Å². The van der Waals surface area contributed by atoms with Gasteiger partial charge < -0.3 is 9.47 Å². The lowest BCUT2D eigenvalue weighted by Crippen LogP contribution is -2.32. The number of rotatable bonds is 3. The first-order valence-corrected chi connectivity index (χ1v) is 5.54. The predicted molar refractivity (Wildman–Crippen MR) is 51.8 cm³/mol. The highest BCUT2D eigenvalue weighted by Gasteiger charge is 2.56. The van der Waals surface area contributed by atoms with Gasteiger partial charge in [0.1, 0.15) is 0 Å². The van der Waals surface area contributed by atoms with Crippen molar-refractivity contribution in [2.75, 3.05) is 19.8 Å². The molecule has 80 valence electrons. The Morgan fingerprint density at radius 1 is 1.43 bits per heavy atom. The molecular formula is C11H18O3. The maximum Gasteiger partial charge on any atom is 0.312 e. The number of carbonyl (C=O) groups excluding carboxylic acids is 1. The predicted octanol–water partition coefficient (Wildman–Crippen LogP) is 1.76. The monoisotopic (exact) mass is 198 g/mol. The van der Waals surface area contributed by atoms with Crippen LogP contribution in [0, 0.1) is 11.3 Å². The lowest BCUT2D eigenvalue weighted by atomic mass is 9.83. The van der Waals surface area contributed by atoms with Gasteiger partial charge in [-0.15, -0.1) is 0 Å². The van der Waals surface area contributed by atoms with Crippen LogP contribution in [-0.2, 0) is 14.3 Å². The summed E-state index contributed by atoms with van der Waals surface area (Å²) in [6.07, 6.45) is 4.10. The smallest absolute Gasteiger partial charge is 0.312 e. The van der Waals surface area contributed by atoms with E-state index in [0.29, 0.717) is 12.5 Å². The van der Waals surface area contributed by atoms with Gasteiger partial charge in [-0.25, -0.2) is 0 Å². The Hall–Kier alpha value is -0.570. The van der Waals surface area contributed by atoms with Gasteiger partial charge in [0, 0.05) is 13.2 Å². The summed E-state index contributed by atoms with van der Waals surface area (Å²) in [7, 11) is 0. The van der Waals surface area contributed by atoms with Crippen LogP contribution in [0.1, 0.15) is 32.6 Å². The highest BCUT2D eigenvalue weighted by atomic mass is 16.5. The highest BCUT2D eigenvalue weighted by molar-refractivity contribution is 5.80. The van der Waals surface area contributed by atoms with Gasteiger partial charge in [-0.3, -0.25) is 4.79 Å². The van der Waals surface area contributed by atoms with Gasteiger partial charge in [0.05, 0.1) is 12.0 Å². The van der Waals surface area contributed by atoms with Crippen molar-refractivity contribution in [2.45, 2.75) is 32.6 Å². The third-order valence-electron chi connectivity index (χ3n) is 3.47. The Labute approximate surface area is 84.8 Å². The molecule has 0 atom stereocenters. The summed E-state index contributed by atoms with van der Waals surface area (Å²) in [6.45, 7) is 4.00. The molecule has 1 saturated carbocycles. The maximum atomic E-state index is 11.8. The number of hydrogen-bond donors (Lipinski definition) is 0. The molecule has 0 bridgehead atoms. The van der Waals surface area contributed by atoms with E-state index in [9.17, 15) is 4.79 Å². The van der Waals surface area contributed by atoms with E-state index < -0.39 is 0 Å². The third-order valence-corrected chi connectivity index (χ3v) is 3.47. The van der Waals surface area contributed by atoms with Gasteiger partial charge in [-0.2, -0.15) is 0 Å². The second-order valence-corrected chi connectivity index (χ2v) is 4.26. The van der Waals surface area contributed by atoms with Crippen molar-refractivity contribution in [3.8, 4) is 0 Å². The Kier molecular flexibility index (Phi) is 2.77. The summed E-state index contributed by atoms with van der Waals surface area (Å²) < 4.78 is 10.5. The highest BCUT2D eigenvalue weighted by Crippen LogP contribution is 2.55. The van der Waals surface area contributed by atoms with Gasteiger partial charge in [-0.05, 0) is 38.5 Å². The first kappa shape index (κ1) is 9.97. The number of hydrogen-bond acceptors (Lipinski definition) is 3. The van der Waals surface area contributed by atoms with E-state index >= 15 is 0 Å². The molecule has 0 aromatic carbocycles. The molecule has 3 heteroatoms. The Morgan fingerprint density at radius 3 is 2.57 bits per heavy atom. The molecule has 1 aliphatic carbocycles. The van der Waals surface area contributed by atoms with Crippen molar-refractivity contribution in [1.82, 2.24) is 0 Å². The molecular weight excluding hydrogens is 180 g/mol. The standard InChI is InChI=1S/C11H18O3/c1-2-14-10(12)11(5-6-11)9-3-7-13-8-4-9/h9H,2-8H2,1H3. The first-order chi connectivity index (χ1) is 6.79. The fourth-order valence-corrected chi connectivity index (χ4v) is 2.44. The third kappa shape index (κ3) is 1.65. The van der Waals surface area contributed by atoms with Gasteiger partial charge in [0.25, 0.3) is 0 Å². The SMILES string of the molecule is CCOC(=O)C1(C2CCOCC2)CC1. The molecule has 2 rings (SSSR count). The zero-order chi connectivity index (χ0) is 10.0. The number of esters is 1. The van der Waals surface area contributed by atoms with Crippen molar-refractivity contribution in [2.24, 2.45) is 11.3 Å². The number of carbonyl (C=O) groups is 1. The van der Waals surface area contributed by atoms with Gasteiger partial charge in [-0.1, -0.05) is 0 Å². The van der Waals surface area contributed by atoms with Crippen LogP contribution in [0.2, 0.25) is 0 Å². The average Bonchev–Trinajstić information content (AvgIpc) is 3.00. The molecule has 1 heterocycles. The van der Waals surface area contributed by atoms with E-state index in [1.165, 1.54) is 0 Å². The summed E-state index contributed by atoms with van der Waals surface area (Å²) in [5.74, 6) is 0.544. The molecule has 1 aliphatic heterocycles. The van der Waals surface area contributed by atoms with E-state index in [2.05, 4.69) is 0 Å². The van der Waals surface area contributed by atoms with Crippen molar-refractivity contribution in [3.63, 3.8) is 0 Å². The summed E-state index contributed by atoms with van der Waals surface area (Å²) in [6, 6.07) is 0. The van der Waals surface area contributed by atoms with Crippen molar-refractivity contribution < 1.29 is 14.3 Å². The lowest BCUT2D eigenvalue weighted by Gasteiger charge is -2.28. The zero-order valence-electron chi connectivity index (χ0n) is 8.75. The molecule has 2 fully saturated rings. The van der Waals surface area contributed by atoms with E-state index in [1.807, 2.05) is 6.92 Å². The zero-order valence-corrected chi connectivity index (χ0v) is 8.75. The molecule has 0 N–H and O–H groups in total. The summed E-state index contributed by atoms with van der Waals surface area (Å²) in [4.78, 5) is 11.8. The van der Waals surface area contributed by atoms with Crippen molar-refractivity contribution in [3.05, 3.63) is 0 Å². The van der Waals surface area contributed by atoms with E-state index in [0.717, 1.165) is 38.9 Å². The van der Waals surface area contributed by atoms with E-state index in [1.54, 1.807) is 0 Å². The van der Waals surface area contributed by atoms with Crippen LogP contribution < -0.4 is 0 Å². The van der Waals surface area contributed by atoms with Crippen LogP contribution in [0.15, 0.2) is 0 Å². The molecule has 0 aromatic rings. The molecule has 0 amide bonds. The topological polar surface area (TPSA) is 35.5 Å². The van der Waals surface area contributed by atoms with Crippen LogP contribution in [-0.4, -0.2) is 25.8 Å². The minimum Gasteiger partial charge on any atom is -0.466 e. The van der Waals surface area contributed by atoms with Crippen molar-refractivity contribution >= 4 is 5.97 Å². The second-order valence-electron chi connectivity index (χ2n) is 4.26. The fourth-order valence-electron chi connectivity index (χ4n) is 2.44. The van der Waals surface area contributed by atoms with E-state index in [-0.39, 0.29) is 11.4 Å². The minimum atomic E-state index is -0.111. The molecule has 3 nitrogen and oxygen atoms in total. The van der Waals surface area contributed by atoms with Crippen LogP contribution in [0.25, 0.3) is 0 Å². The quantitative estimate of drug-likeness (QED) is 0.648. The minimum absolute atomic E-state index is 0.0342. The van der Waals surface area contributed by atoms with E-state index in [4.69, 9.17) is 9.47 Å². The molecule has 0 unspecified atom stereocenters. The van der Waals surface area contributed by atoms with Gasteiger partial charge >= 0.3 is 5.97 Å². The number of ether oxygens (including phenoxy) is 2. The van der Waals surface area contributed by atoms with Gasteiger partial charge in [0.2, 0.25) is 0 Å². The Bertz CT molecular complexity index is 215. The van der Waals surface area contributed by atoms with Crippen LogP contribution in [0.3, 0.4) is 0 Å². The van der Waals surface area contributed by atoms with Crippen LogP contribution >= 0.6 is 0 Å². The summed E-state index contributed by atoms with van der Waals surface area (Å²) in [5, 5.41) is 0. The molecule has 0 aromatic heterocycles. The molecule has 0 radical (unpaired) electrons. The second kappa shape index (κ2) is 3.89. The largest absolute Gasteiger partial charge is 0.466 e. The maximum absolute atomic E-state index is 11.8. The lowest BCUT2D eigenvalue weighted by molar-refractivity contribution is -0.153. The average molecular weight is 198 g/mol. The fraction of sp³-hybridized carbons (Fsp3) is 0.909. The first-order valence-electron chi connectivity index (χ1n) is 5.54. The van der Waals surface area contributed by atoms with Gasteiger partial charge in [0.15, 0.2) is 0 Å². The Balaban J connectivity index is 1.96. The summed E-state index contributed by atoms with van der Waals surface area (Å²) in [5.41, 5.74) is -0.111. The van der Waals surface area contributed by atoms with Crippen molar-refractivity contribution in [1.29, 1.82) is 0 Å². The summed E-state index contributed by atoms with van der Waals surface area (Å²) >= 11 is 0. The molecule has 0 spiro atoms. The molecule has 14 heavy (non-hydrogen) atoms. The van der Waals surface area contributed by atoms with Crippen LogP contribution in [0.4, 0.5) is 0 Å². The molecule has 2 aliphatic rings. The Morgan fingerprint density at radius 2 is 2.07 bits per heavy atom. The normalized spacial score (nSPS) is 25.8.